The number of nitrogen functional groups attached to an aromatic ring is 1. The number of carbonyl (C=O) groups is 1. The quantitative estimate of drug-likeness (QED) is 0.298. The van der Waals surface area contributed by atoms with Gasteiger partial charge in [-0.25, -0.2) is 5.84 Å². The van der Waals surface area contributed by atoms with E-state index in [9.17, 15) is 4.79 Å². The van der Waals surface area contributed by atoms with E-state index in [0.29, 0.717) is 44.3 Å². The molecule has 0 aliphatic rings. The van der Waals surface area contributed by atoms with Crippen LogP contribution in [0.4, 0.5) is 0 Å². The minimum atomic E-state index is -0.328. The summed E-state index contributed by atoms with van der Waals surface area (Å²) in [5.41, 5.74) is 2.55. The fraction of sp³-hybridized carbons (Fsp3) is 0.462. The lowest BCUT2D eigenvalue weighted by atomic mass is 10.2. The van der Waals surface area contributed by atoms with Crippen molar-refractivity contribution in [3.8, 4) is 5.75 Å². The summed E-state index contributed by atoms with van der Waals surface area (Å²) >= 11 is 0. The van der Waals surface area contributed by atoms with E-state index in [1.165, 1.54) is 0 Å². The Morgan fingerprint density at radius 2 is 1.74 bits per heavy atom. The number of hydrogen-bond acceptors (Lipinski definition) is 5. The second-order valence-corrected chi connectivity index (χ2v) is 3.66. The van der Waals surface area contributed by atoms with Crippen molar-refractivity contribution in [2.24, 2.45) is 5.84 Å². The molecule has 0 unspecified atom stereocenters. The highest BCUT2D eigenvalue weighted by atomic mass is 16.5. The Bertz CT molecular complexity index is 367. The van der Waals surface area contributed by atoms with Crippen LogP contribution < -0.4 is 16.0 Å². The van der Waals surface area contributed by atoms with E-state index in [1.54, 1.807) is 24.3 Å². The van der Waals surface area contributed by atoms with Crippen LogP contribution in [0.15, 0.2) is 24.3 Å². The SMILES string of the molecule is CCOCCOCCOc1ccc(C(=O)NN)cc1. The van der Waals surface area contributed by atoms with Gasteiger partial charge in [-0.15, -0.1) is 0 Å². The molecule has 0 saturated heterocycles. The van der Waals surface area contributed by atoms with E-state index in [1.807, 2.05) is 6.92 Å². The molecular weight excluding hydrogens is 248 g/mol. The number of nitrogens with one attached hydrogen (secondary N) is 1. The number of benzene rings is 1. The highest BCUT2D eigenvalue weighted by Crippen LogP contribution is 2.11. The number of carbonyl (C=O) groups excluding carboxylic acids is 1. The van der Waals surface area contributed by atoms with E-state index in [4.69, 9.17) is 20.1 Å². The summed E-state index contributed by atoms with van der Waals surface area (Å²) in [6.45, 7) is 4.75. The molecule has 1 aromatic carbocycles. The molecule has 0 atom stereocenters. The molecule has 1 aromatic rings. The maximum atomic E-state index is 11.2. The Morgan fingerprint density at radius 3 is 2.37 bits per heavy atom. The van der Waals surface area contributed by atoms with Gasteiger partial charge in [-0.1, -0.05) is 0 Å². The zero-order valence-corrected chi connectivity index (χ0v) is 11.1. The second kappa shape index (κ2) is 9.32. The molecule has 0 heterocycles. The highest BCUT2D eigenvalue weighted by Gasteiger charge is 2.02. The van der Waals surface area contributed by atoms with Crippen molar-refractivity contribution < 1.29 is 19.0 Å². The summed E-state index contributed by atoms with van der Waals surface area (Å²) in [4.78, 5) is 11.2. The van der Waals surface area contributed by atoms with Crippen LogP contribution in [0, 0.1) is 0 Å². The summed E-state index contributed by atoms with van der Waals surface area (Å²) in [6.07, 6.45) is 0. The van der Waals surface area contributed by atoms with Gasteiger partial charge in [0.15, 0.2) is 0 Å². The number of hydrazine groups is 1. The van der Waals surface area contributed by atoms with Crippen molar-refractivity contribution in [3.63, 3.8) is 0 Å². The second-order valence-electron chi connectivity index (χ2n) is 3.66. The maximum absolute atomic E-state index is 11.2. The van der Waals surface area contributed by atoms with Gasteiger partial charge >= 0.3 is 0 Å². The van der Waals surface area contributed by atoms with Gasteiger partial charge in [-0.3, -0.25) is 10.2 Å². The summed E-state index contributed by atoms with van der Waals surface area (Å²) in [5.74, 6) is 5.39. The number of ether oxygens (including phenoxy) is 3. The first-order chi connectivity index (χ1) is 9.27. The van der Waals surface area contributed by atoms with Crippen LogP contribution in [0.5, 0.6) is 5.75 Å². The minimum absolute atomic E-state index is 0.328. The predicted octanol–water partition coefficient (Wildman–Crippen LogP) is 0.722. The fourth-order valence-electron chi connectivity index (χ4n) is 1.37. The fourth-order valence-corrected chi connectivity index (χ4v) is 1.37. The maximum Gasteiger partial charge on any atom is 0.265 e. The Kier molecular flexibility index (Phi) is 7.57. The third-order valence-corrected chi connectivity index (χ3v) is 2.32. The molecule has 0 spiro atoms. The standard InChI is InChI=1S/C13H20N2O4/c1-2-17-7-8-18-9-10-19-12-5-3-11(4-6-12)13(16)15-14/h3-6H,2,7-10,14H2,1H3,(H,15,16). The van der Waals surface area contributed by atoms with Crippen LogP contribution >= 0.6 is 0 Å². The lowest BCUT2D eigenvalue weighted by Gasteiger charge is -2.07. The van der Waals surface area contributed by atoms with E-state index >= 15 is 0 Å². The Morgan fingerprint density at radius 1 is 1.11 bits per heavy atom. The van der Waals surface area contributed by atoms with E-state index in [0.717, 1.165) is 0 Å². The molecule has 0 radical (unpaired) electrons. The van der Waals surface area contributed by atoms with Gasteiger partial charge in [-0.2, -0.15) is 0 Å². The average molecular weight is 268 g/mol. The molecule has 0 aromatic heterocycles. The minimum Gasteiger partial charge on any atom is -0.491 e. The van der Waals surface area contributed by atoms with Crippen LogP contribution in [-0.4, -0.2) is 38.9 Å². The molecule has 1 rings (SSSR count). The van der Waals surface area contributed by atoms with Gasteiger partial charge in [0.1, 0.15) is 12.4 Å². The smallest absolute Gasteiger partial charge is 0.265 e. The highest BCUT2D eigenvalue weighted by molar-refractivity contribution is 5.93. The van der Waals surface area contributed by atoms with Crippen molar-refractivity contribution in [3.05, 3.63) is 29.8 Å². The van der Waals surface area contributed by atoms with Gasteiger partial charge in [0.05, 0.1) is 19.8 Å². The van der Waals surface area contributed by atoms with E-state index in [-0.39, 0.29) is 5.91 Å². The summed E-state index contributed by atoms with van der Waals surface area (Å²) in [6, 6.07) is 6.72. The summed E-state index contributed by atoms with van der Waals surface area (Å²) in [7, 11) is 0. The van der Waals surface area contributed by atoms with Crippen LogP contribution in [0.25, 0.3) is 0 Å². The molecule has 19 heavy (non-hydrogen) atoms. The first kappa shape index (κ1) is 15.4. The number of amides is 1. The lowest BCUT2D eigenvalue weighted by molar-refractivity contribution is 0.0405. The van der Waals surface area contributed by atoms with Gasteiger partial charge in [0, 0.05) is 12.2 Å². The van der Waals surface area contributed by atoms with Gasteiger partial charge in [0.25, 0.3) is 5.91 Å². The van der Waals surface area contributed by atoms with Crippen molar-refractivity contribution in [1.29, 1.82) is 0 Å². The Hall–Kier alpha value is -1.63. The summed E-state index contributed by atoms with van der Waals surface area (Å²) in [5, 5.41) is 0. The largest absolute Gasteiger partial charge is 0.491 e. The van der Waals surface area contributed by atoms with Crippen molar-refractivity contribution >= 4 is 5.91 Å². The molecule has 3 N–H and O–H groups in total. The van der Waals surface area contributed by atoms with E-state index < -0.39 is 0 Å². The summed E-state index contributed by atoms with van der Waals surface area (Å²) < 4.78 is 15.9. The first-order valence-electron chi connectivity index (χ1n) is 6.17. The van der Waals surface area contributed by atoms with Crippen molar-refractivity contribution in [2.45, 2.75) is 6.92 Å². The molecular formula is C13H20N2O4. The zero-order valence-electron chi connectivity index (χ0n) is 11.1. The number of nitrogens with two attached hydrogens (primary N) is 1. The van der Waals surface area contributed by atoms with Crippen LogP contribution in [0.1, 0.15) is 17.3 Å². The molecule has 6 heteroatoms. The predicted molar refractivity (Wildman–Crippen MR) is 70.9 cm³/mol. The third kappa shape index (κ3) is 6.19. The number of hydrogen-bond donors (Lipinski definition) is 2. The lowest BCUT2D eigenvalue weighted by Crippen LogP contribution is -2.29. The molecule has 0 aliphatic heterocycles. The monoisotopic (exact) mass is 268 g/mol. The molecule has 6 nitrogen and oxygen atoms in total. The van der Waals surface area contributed by atoms with Gasteiger partial charge < -0.3 is 14.2 Å². The molecule has 0 fully saturated rings. The third-order valence-electron chi connectivity index (χ3n) is 2.32. The molecule has 0 bridgehead atoms. The van der Waals surface area contributed by atoms with Crippen LogP contribution in [0.2, 0.25) is 0 Å². The Labute approximate surface area is 112 Å². The molecule has 1 amide bonds. The van der Waals surface area contributed by atoms with Gasteiger partial charge in [0.2, 0.25) is 0 Å². The average Bonchev–Trinajstić information content (AvgIpc) is 2.46. The Balaban J connectivity index is 2.18. The number of rotatable bonds is 9. The first-order valence-corrected chi connectivity index (χ1v) is 6.17. The zero-order chi connectivity index (χ0) is 13.9. The van der Waals surface area contributed by atoms with E-state index in [2.05, 4.69) is 5.43 Å². The van der Waals surface area contributed by atoms with Crippen LogP contribution in [-0.2, 0) is 9.47 Å². The van der Waals surface area contributed by atoms with Crippen molar-refractivity contribution in [1.82, 2.24) is 5.43 Å². The topological polar surface area (TPSA) is 82.8 Å². The van der Waals surface area contributed by atoms with Crippen LogP contribution in [0.3, 0.4) is 0 Å². The molecule has 0 aliphatic carbocycles. The van der Waals surface area contributed by atoms with Gasteiger partial charge in [-0.05, 0) is 31.2 Å². The normalized spacial score (nSPS) is 10.2. The molecule has 106 valence electrons. The molecule has 0 saturated carbocycles. The van der Waals surface area contributed by atoms with Crippen molar-refractivity contribution in [2.75, 3.05) is 33.0 Å².